The Morgan fingerprint density at radius 3 is 2.47 bits per heavy atom. The second kappa shape index (κ2) is 7.67. The van der Waals surface area contributed by atoms with E-state index in [1.165, 1.54) is 12.8 Å². The third kappa shape index (κ3) is 5.50. The Hall–Kier alpha value is -0.610. The van der Waals surface area contributed by atoms with Gasteiger partial charge in [0, 0.05) is 25.0 Å². The first-order valence-electron chi connectivity index (χ1n) is 6.72. The second-order valence-electron chi connectivity index (χ2n) is 5.25. The quantitative estimate of drug-likeness (QED) is 0.540. The zero-order chi connectivity index (χ0) is 12.6. The molecule has 1 rings (SSSR count). The van der Waals surface area contributed by atoms with Gasteiger partial charge in [-0.2, -0.15) is 0 Å². The van der Waals surface area contributed by atoms with Crippen LogP contribution in [0.2, 0.25) is 0 Å². The van der Waals surface area contributed by atoms with Crippen LogP contribution in [0.3, 0.4) is 0 Å². The van der Waals surface area contributed by atoms with Gasteiger partial charge in [-0.3, -0.25) is 4.79 Å². The maximum absolute atomic E-state index is 10.3. The topological polar surface area (TPSA) is 69.6 Å². The van der Waals surface area contributed by atoms with Crippen LogP contribution in [0, 0.1) is 5.41 Å². The van der Waals surface area contributed by atoms with Gasteiger partial charge in [-0.1, -0.05) is 19.3 Å². The number of carbonyl (C=O) groups is 1. The highest BCUT2D eigenvalue weighted by atomic mass is 16.4. The Bertz CT molecular complexity index is 225. The molecule has 4 heteroatoms. The summed E-state index contributed by atoms with van der Waals surface area (Å²) >= 11 is 0. The summed E-state index contributed by atoms with van der Waals surface area (Å²) < 4.78 is 0. The van der Waals surface area contributed by atoms with Gasteiger partial charge in [0.2, 0.25) is 0 Å². The minimum absolute atomic E-state index is 0.126. The largest absolute Gasteiger partial charge is 0.481 e. The minimum Gasteiger partial charge on any atom is -0.481 e. The maximum atomic E-state index is 10.3. The highest BCUT2D eigenvalue weighted by molar-refractivity contribution is 5.66. The molecule has 1 saturated carbocycles. The number of hydrogen-bond acceptors (Lipinski definition) is 3. The van der Waals surface area contributed by atoms with Crippen LogP contribution in [0.4, 0.5) is 0 Å². The predicted octanol–water partition coefficient (Wildman–Crippen LogP) is 1.77. The number of aliphatic carboxylic acids is 1. The van der Waals surface area contributed by atoms with Crippen LogP contribution < -0.4 is 5.32 Å². The van der Waals surface area contributed by atoms with Gasteiger partial charge >= 0.3 is 5.97 Å². The number of carboxylic acid groups (broad SMARTS) is 1. The molecule has 0 saturated heterocycles. The van der Waals surface area contributed by atoms with Crippen molar-refractivity contribution in [3.05, 3.63) is 0 Å². The predicted molar refractivity (Wildman–Crippen MR) is 67.0 cm³/mol. The van der Waals surface area contributed by atoms with Gasteiger partial charge in [0.1, 0.15) is 0 Å². The van der Waals surface area contributed by atoms with Gasteiger partial charge in [0.25, 0.3) is 0 Å². The van der Waals surface area contributed by atoms with E-state index < -0.39 is 5.97 Å². The van der Waals surface area contributed by atoms with Crippen molar-refractivity contribution in [2.75, 3.05) is 19.7 Å². The minimum atomic E-state index is -0.705. The van der Waals surface area contributed by atoms with E-state index in [2.05, 4.69) is 5.32 Å². The summed E-state index contributed by atoms with van der Waals surface area (Å²) in [5, 5.41) is 21.3. The Balaban J connectivity index is 1.98. The number of unbranched alkanes of at least 4 members (excludes halogenated alkanes) is 2. The molecule has 0 spiro atoms. The molecule has 0 unspecified atom stereocenters. The third-order valence-electron chi connectivity index (χ3n) is 3.74. The summed E-state index contributed by atoms with van der Waals surface area (Å²) in [4.78, 5) is 10.3. The Morgan fingerprint density at radius 1 is 1.18 bits per heavy atom. The standard InChI is InChI=1S/C13H25NO3/c15-11-13(7-3-4-8-13)10-14-9-5-1-2-6-12(16)17/h14-15H,1-11H2,(H,16,17). The van der Waals surface area contributed by atoms with Crippen LogP contribution in [0.5, 0.6) is 0 Å². The van der Waals surface area contributed by atoms with E-state index in [4.69, 9.17) is 5.11 Å². The lowest BCUT2D eigenvalue weighted by Crippen LogP contribution is -2.35. The van der Waals surface area contributed by atoms with E-state index in [1.807, 2.05) is 0 Å². The first-order valence-corrected chi connectivity index (χ1v) is 6.72. The summed E-state index contributed by atoms with van der Waals surface area (Å²) in [5.74, 6) is -0.705. The molecule has 1 aliphatic carbocycles. The fourth-order valence-electron chi connectivity index (χ4n) is 2.57. The van der Waals surface area contributed by atoms with Crippen molar-refractivity contribution in [3.63, 3.8) is 0 Å². The number of hydrogen-bond donors (Lipinski definition) is 3. The molecular weight excluding hydrogens is 218 g/mol. The van der Waals surface area contributed by atoms with Crippen molar-refractivity contribution in [1.29, 1.82) is 0 Å². The van der Waals surface area contributed by atoms with E-state index in [1.54, 1.807) is 0 Å². The smallest absolute Gasteiger partial charge is 0.303 e. The van der Waals surface area contributed by atoms with E-state index in [0.717, 1.165) is 45.2 Å². The van der Waals surface area contributed by atoms with Gasteiger partial charge in [0.15, 0.2) is 0 Å². The van der Waals surface area contributed by atoms with Crippen LogP contribution in [0.1, 0.15) is 51.4 Å². The molecule has 0 bridgehead atoms. The average Bonchev–Trinajstić information content (AvgIpc) is 2.77. The molecular formula is C13H25NO3. The van der Waals surface area contributed by atoms with Crippen LogP contribution in [-0.4, -0.2) is 35.9 Å². The molecule has 0 atom stereocenters. The molecule has 0 aromatic carbocycles. The molecule has 0 radical (unpaired) electrons. The molecule has 1 aliphatic rings. The molecule has 0 aromatic heterocycles. The van der Waals surface area contributed by atoms with Gasteiger partial charge in [0.05, 0.1) is 0 Å². The molecule has 0 amide bonds. The maximum Gasteiger partial charge on any atom is 0.303 e. The Kier molecular flexibility index (Phi) is 6.52. The summed E-state index contributed by atoms with van der Waals surface area (Å²) in [7, 11) is 0. The summed E-state index contributed by atoms with van der Waals surface area (Å²) in [6.45, 7) is 2.13. The van der Waals surface area contributed by atoms with Crippen LogP contribution in [0.25, 0.3) is 0 Å². The van der Waals surface area contributed by atoms with Crippen molar-refractivity contribution in [1.82, 2.24) is 5.32 Å². The summed E-state index contributed by atoms with van der Waals surface area (Å²) in [5.41, 5.74) is 0.126. The first-order chi connectivity index (χ1) is 8.18. The normalized spacial score (nSPS) is 18.4. The lowest BCUT2D eigenvalue weighted by molar-refractivity contribution is -0.137. The van der Waals surface area contributed by atoms with Crippen LogP contribution in [0.15, 0.2) is 0 Å². The average molecular weight is 243 g/mol. The molecule has 0 aromatic rings. The van der Waals surface area contributed by atoms with Gasteiger partial charge in [-0.25, -0.2) is 0 Å². The number of carboxylic acids is 1. The van der Waals surface area contributed by atoms with Crippen LogP contribution >= 0.6 is 0 Å². The fraction of sp³-hybridized carbons (Fsp3) is 0.923. The highest BCUT2D eigenvalue weighted by Gasteiger charge is 2.32. The van der Waals surface area contributed by atoms with Crippen molar-refractivity contribution < 1.29 is 15.0 Å². The molecule has 0 aliphatic heterocycles. The molecule has 17 heavy (non-hydrogen) atoms. The Morgan fingerprint density at radius 2 is 1.88 bits per heavy atom. The molecule has 3 N–H and O–H groups in total. The van der Waals surface area contributed by atoms with E-state index in [0.29, 0.717) is 6.61 Å². The number of aliphatic hydroxyl groups excluding tert-OH is 1. The summed E-state index contributed by atoms with van der Waals surface area (Å²) in [6.07, 6.45) is 7.77. The Labute approximate surface area is 103 Å². The van der Waals surface area contributed by atoms with Crippen LogP contribution in [-0.2, 0) is 4.79 Å². The SMILES string of the molecule is O=C(O)CCCCCNCC1(CO)CCCC1. The molecule has 0 heterocycles. The fourth-order valence-corrected chi connectivity index (χ4v) is 2.57. The summed E-state index contributed by atoms with van der Waals surface area (Å²) in [6, 6.07) is 0. The van der Waals surface area contributed by atoms with E-state index in [9.17, 15) is 9.90 Å². The lowest BCUT2D eigenvalue weighted by atomic mass is 9.87. The van der Waals surface area contributed by atoms with Gasteiger partial charge < -0.3 is 15.5 Å². The highest BCUT2D eigenvalue weighted by Crippen LogP contribution is 2.36. The van der Waals surface area contributed by atoms with Crippen molar-refractivity contribution in [3.8, 4) is 0 Å². The first kappa shape index (κ1) is 14.5. The van der Waals surface area contributed by atoms with Gasteiger partial charge in [-0.05, 0) is 32.2 Å². The third-order valence-corrected chi connectivity index (χ3v) is 3.74. The van der Waals surface area contributed by atoms with E-state index >= 15 is 0 Å². The monoisotopic (exact) mass is 243 g/mol. The lowest BCUT2D eigenvalue weighted by Gasteiger charge is -2.26. The van der Waals surface area contributed by atoms with Crippen molar-refractivity contribution in [2.24, 2.45) is 5.41 Å². The number of aliphatic hydroxyl groups is 1. The van der Waals surface area contributed by atoms with E-state index in [-0.39, 0.29) is 11.8 Å². The molecule has 4 nitrogen and oxygen atoms in total. The van der Waals surface area contributed by atoms with Gasteiger partial charge in [-0.15, -0.1) is 0 Å². The zero-order valence-corrected chi connectivity index (χ0v) is 10.6. The molecule has 1 fully saturated rings. The zero-order valence-electron chi connectivity index (χ0n) is 10.6. The van der Waals surface area contributed by atoms with Crippen molar-refractivity contribution in [2.45, 2.75) is 51.4 Å². The van der Waals surface area contributed by atoms with Crippen molar-refractivity contribution >= 4 is 5.97 Å². The molecule has 100 valence electrons. The second-order valence-corrected chi connectivity index (χ2v) is 5.25. The number of rotatable bonds is 9. The number of nitrogens with one attached hydrogen (secondary N) is 1.